The van der Waals surface area contributed by atoms with Crippen LogP contribution < -0.4 is 4.74 Å². The van der Waals surface area contributed by atoms with Crippen molar-refractivity contribution >= 4 is 31.9 Å². The Bertz CT molecular complexity index is 327. The summed E-state index contributed by atoms with van der Waals surface area (Å²) >= 11 is 5.69. The van der Waals surface area contributed by atoms with Gasteiger partial charge in [0.05, 0.1) is 4.47 Å². The minimum atomic E-state index is -4.29. The van der Waals surface area contributed by atoms with E-state index in [0.717, 1.165) is 0 Å². The second kappa shape index (κ2) is 5.21. The van der Waals surface area contributed by atoms with Crippen molar-refractivity contribution in [2.45, 2.75) is 11.0 Å². The standard InChI is InChI=1S/C9H7Br2F3O/c10-6-3-1-2-4-7(6)15-5-8(11)9(12,13)14/h1-4,8H,5H2. The second-order valence-electron chi connectivity index (χ2n) is 2.75. The molecule has 1 aromatic carbocycles. The van der Waals surface area contributed by atoms with Crippen molar-refractivity contribution in [3.63, 3.8) is 0 Å². The molecule has 0 amide bonds. The third-order valence-corrected chi connectivity index (χ3v) is 3.02. The van der Waals surface area contributed by atoms with Gasteiger partial charge in [-0.2, -0.15) is 13.2 Å². The van der Waals surface area contributed by atoms with Gasteiger partial charge in [0.15, 0.2) is 0 Å². The minimum absolute atomic E-state index is 0.395. The van der Waals surface area contributed by atoms with E-state index in [1.165, 1.54) is 0 Å². The minimum Gasteiger partial charge on any atom is -0.491 e. The van der Waals surface area contributed by atoms with Crippen molar-refractivity contribution < 1.29 is 17.9 Å². The molecule has 0 heterocycles. The van der Waals surface area contributed by atoms with E-state index in [4.69, 9.17) is 4.74 Å². The Morgan fingerprint density at radius 3 is 2.40 bits per heavy atom. The number of rotatable bonds is 3. The molecule has 0 fully saturated rings. The Kier molecular flexibility index (Phi) is 4.45. The van der Waals surface area contributed by atoms with Gasteiger partial charge in [-0.3, -0.25) is 0 Å². The molecule has 1 rings (SSSR count). The maximum atomic E-state index is 12.1. The quantitative estimate of drug-likeness (QED) is 0.746. The van der Waals surface area contributed by atoms with Crippen molar-refractivity contribution in [3.8, 4) is 5.75 Å². The van der Waals surface area contributed by atoms with Crippen LogP contribution in [0.15, 0.2) is 28.7 Å². The first kappa shape index (κ1) is 12.8. The van der Waals surface area contributed by atoms with E-state index in [9.17, 15) is 13.2 Å². The highest BCUT2D eigenvalue weighted by Gasteiger charge is 2.38. The summed E-state index contributed by atoms with van der Waals surface area (Å²) in [6.07, 6.45) is -4.29. The SMILES string of the molecule is FC(F)(F)C(Br)COc1ccccc1Br. The molecule has 1 nitrogen and oxygen atoms in total. The fraction of sp³-hybridized carbons (Fsp3) is 0.333. The van der Waals surface area contributed by atoms with Gasteiger partial charge in [-0.1, -0.05) is 28.1 Å². The number of halogens is 5. The van der Waals surface area contributed by atoms with Crippen molar-refractivity contribution in [1.82, 2.24) is 0 Å². The third kappa shape index (κ3) is 4.03. The molecule has 15 heavy (non-hydrogen) atoms. The van der Waals surface area contributed by atoms with Crippen LogP contribution in [0.2, 0.25) is 0 Å². The number of para-hydroxylation sites is 1. The van der Waals surface area contributed by atoms with Crippen molar-refractivity contribution in [3.05, 3.63) is 28.7 Å². The molecular weight excluding hydrogens is 341 g/mol. The summed E-state index contributed by atoms with van der Waals surface area (Å²) in [5, 5.41) is 0. The van der Waals surface area contributed by atoms with E-state index in [1.807, 2.05) is 0 Å². The summed E-state index contributed by atoms with van der Waals surface area (Å²) in [6, 6.07) is 6.75. The van der Waals surface area contributed by atoms with Crippen LogP contribution in [0, 0.1) is 0 Å². The molecule has 0 aliphatic heterocycles. The Balaban J connectivity index is 2.55. The van der Waals surface area contributed by atoms with Crippen LogP contribution in [0.4, 0.5) is 13.2 Å². The van der Waals surface area contributed by atoms with E-state index in [1.54, 1.807) is 24.3 Å². The van der Waals surface area contributed by atoms with Gasteiger partial charge < -0.3 is 4.74 Å². The van der Waals surface area contributed by atoms with Crippen molar-refractivity contribution in [2.75, 3.05) is 6.61 Å². The predicted octanol–water partition coefficient (Wildman–Crippen LogP) is 4.15. The van der Waals surface area contributed by atoms with E-state index in [-0.39, 0.29) is 0 Å². The Labute approximate surface area is 102 Å². The average Bonchev–Trinajstić information content (AvgIpc) is 2.14. The number of hydrogen-bond acceptors (Lipinski definition) is 1. The molecule has 6 heteroatoms. The summed E-state index contributed by atoms with van der Waals surface area (Å²) in [5.74, 6) is 0.395. The number of hydrogen-bond donors (Lipinski definition) is 0. The molecule has 0 aliphatic rings. The first-order valence-corrected chi connectivity index (χ1v) is 5.70. The van der Waals surface area contributed by atoms with Gasteiger partial charge in [0.1, 0.15) is 17.2 Å². The van der Waals surface area contributed by atoms with Crippen LogP contribution in [-0.4, -0.2) is 17.6 Å². The van der Waals surface area contributed by atoms with Crippen LogP contribution in [0.5, 0.6) is 5.75 Å². The van der Waals surface area contributed by atoms with Gasteiger partial charge in [0.2, 0.25) is 0 Å². The van der Waals surface area contributed by atoms with Crippen LogP contribution in [0.3, 0.4) is 0 Å². The highest BCUT2D eigenvalue weighted by molar-refractivity contribution is 9.10. The van der Waals surface area contributed by atoms with Crippen LogP contribution in [-0.2, 0) is 0 Å². The van der Waals surface area contributed by atoms with E-state index in [2.05, 4.69) is 31.9 Å². The van der Waals surface area contributed by atoms with Crippen LogP contribution in [0.25, 0.3) is 0 Å². The fourth-order valence-corrected chi connectivity index (χ4v) is 1.35. The Hall–Kier alpha value is -0.230. The Morgan fingerprint density at radius 2 is 1.87 bits per heavy atom. The normalized spacial score (nSPS) is 13.7. The zero-order valence-corrected chi connectivity index (χ0v) is 10.6. The summed E-state index contributed by atoms with van der Waals surface area (Å²) in [6.45, 7) is -0.452. The predicted molar refractivity (Wildman–Crippen MR) is 58.4 cm³/mol. The Morgan fingerprint density at radius 1 is 1.27 bits per heavy atom. The van der Waals surface area contributed by atoms with E-state index < -0.39 is 17.6 Å². The molecule has 0 saturated carbocycles. The molecule has 84 valence electrons. The smallest absolute Gasteiger partial charge is 0.404 e. The molecule has 0 aliphatic carbocycles. The van der Waals surface area contributed by atoms with Gasteiger partial charge in [-0.05, 0) is 28.1 Å². The molecule has 0 saturated heterocycles. The van der Waals surface area contributed by atoms with Gasteiger partial charge in [-0.25, -0.2) is 0 Å². The topological polar surface area (TPSA) is 9.23 Å². The lowest BCUT2D eigenvalue weighted by Gasteiger charge is -2.15. The average molecular weight is 348 g/mol. The fourth-order valence-electron chi connectivity index (χ4n) is 0.819. The lowest BCUT2D eigenvalue weighted by Crippen LogP contribution is -2.28. The van der Waals surface area contributed by atoms with Gasteiger partial charge in [-0.15, -0.1) is 0 Å². The third-order valence-electron chi connectivity index (χ3n) is 1.58. The van der Waals surface area contributed by atoms with E-state index in [0.29, 0.717) is 10.2 Å². The molecule has 0 radical (unpaired) electrons. The highest BCUT2D eigenvalue weighted by Crippen LogP contribution is 2.29. The first-order chi connectivity index (χ1) is 6.91. The number of ether oxygens (including phenoxy) is 1. The summed E-state index contributed by atoms with van der Waals surface area (Å²) < 4.78 is 42.0. The molecule has 1 atom stereocenters. The zero-order valence-electron chi connectivity index (χ0n) is 7.39. The van der Waals surface area contributed by atoms with Crippen molar-refractivity contribution in [1.29, 1.82) is 0 Å². The maximum Gasteiger partial charge on any atom is 0.404 e. The second-order valence-corrected chi connectivity index (χ2v) is 4.71. The molecule has 0 N–H and O–H groups in total. The lowest BCUT2D eigenvalue weighted by molar-refractivity contribution is -0.132. The lowest BCUT2D eigenvalue weighted by atomic mass is 10.3. The van der Waals surface area contributed by atoms with Gasteiger partial charge in [0, 0.05) is 0 Å². The summed E-state index contributed by atoms with van der Waals surface area (Å²) in [4.78, 5) is -1.66. The molecule has 0 aromatic heterocycles. The van der Waals surface area contributed by atoms with E-state index >= 15 is 0 Å². The molecule has 1 aromatic rings. The molecule has 1 unspecified atom stereocenters. The van der Waals surface area contributed by atoms with Crippen LogP contribution in [0.1, 0.15) is 0 Å². The van der Waals surface area contributed by atoms with Crippen molar-refractivity contribution in [2.24, 2.45) is 0 Å². The summed E-state index contributed by atoms with van der Waals surface area (Å²) in [7, 11) is 0. The largest absolute Gasteiger partial charge is 0.491 e. The monoisotopic (exact) mass is 346 g/mol. The summed E-state index contributed by atoms with van der Waals surface area (Å²) in [5.41, 5.74) is 0. The van der Waals surface area contributed by atoms with Gasteiger partial charge in [0.25, 0.3) is 0 Å². The zero-order chi connectivity index (χ0) is 11.5. The molecular formula is C9H7Br2F3O. The van der Waals surface area contributed by atoms with Crippen LogP contribution >= 0.6 is 31.9 Å². The maximum absolute atomic E-state index is 12.1. The number of alkyl halides is 4. The van der Waals surface area contributed by atoms with Gasteiger partial charge >= 0.3 is 6.18 Å². The highest BCUT2D eigenvalue weighted by atomic mass is 79.9. The molecule has 0 bridgehead atoms. The number of benzene rings is 1. The first-order valence-electron chi connectivity index (χ1n) is 3.99. The molecule has 0 spiro atoms.